The molecule has 0 aromatic carbocycles. The van der Waals surface area contributed by atoms with Crippen LogP contribution in [0, 0.1) is 16.7 Å². The van der Waals surface area contributed by atoms with E-state index in [0.717, 1.165) is 12.8 Å². The molecule has 0 unspecified atom stereocenters. The van der Waals surface area contributed by atoms with E-state index in [1.807, 2.05) is 13.8 Å². The summed E-state index contributed by atoms with van der Waals surface area (Å²) in [6, 6.07) is 0. The topological polar surface area (TPSA) is 71.4 Å². The van der Waals surface area contributed by atoms with E-state index >= 15 is 0 Å². The Morgan fingerprint density at radius 2 is 2.07 bits per heavy atom. The highest BCUT2D eigenvalue weighted by Gasteiger charge is 2.64. The van der Waals surface area contributed by atoms with Crippen LogP contribution in [0.15, 0.2) is 0 Å². The third-order valence-corrected chi connectivity index (χ3v) is 5.65. The molecule has 15 heavy (non-hydrogen) atoms. The van der Waals surface area contributed by atoms with E-state index in [0.29, 0.717) is 6.42 Å². The van der Waals surface area contributed by atoms with Crippen LogP contribution in [0.4, 0.5) is 0 Å². The molecule has 0 aromatic rings. The Labute approximate surface area is 89.8 Å². The average molecular weight is 232 g/mol. The Morgan fingerprint density at radius 1 is 1.47 bits per heavy atom. The maximum absolute atomic E-state index is 11.8. The summed E-state index contributed by atoms with van der Waals surface area (Å²) in [4.78, 5) is 11.8. The van der Waals surface area contributed by atoms with Gasteiger partial charge >= 0.3 is 0 Å². The van der Waals surface area contributed by atoms with Gasteiger partial charge in [-0.15, -0.1) is 0 Å². The molecule has 2 saturated carbocycles. The predicted octanol–water partition coefficient (Wildman–Crippen LogP) is 1.27. The molecule has 2 aliphatic rings. The summed E-state index contributed by atoms with van der Waals surface area (Å²) in [5.41, 5.74) is -1.12. The van der Waals surface area contributed by atoms with Gasteiger partial charge in [0.05, 0.1) is 5.75 Å². The summed E-state index contributed by atoms with van der Waals surface area (Å²) in [7, 11) is -4.01. The van der Waals surface area contributed by atoms with E-state index in [-0.39, 0.29) is 17.5 Å². The van der Waals surface area contributed by atoms with Crippen LogP contribution in [0.3, 0.4) is 0 Å². The highest BCUT2D eigenvalue weighted by molar-refractivity contribution is 7.85. The van der Waals surface area contributed by atoms with Gasteiger partial charge in [0.1, 0.15) is 5.78 Å². The molecular weight excluding hydrogens is 216 g/mol. The second kappa shape index (κ2) is 2.83. The van der Waals surface area contributed by atoms with Crippen molar-refractivity contribution in [2.75, 3.05) is 5.75 Å². The predicted molar refractivity (Wildman–Crippen MR) is 55.0 cm³/mol. The van der Waals surface area contributed by atoms with Crippen molar-refractivity contribution >= 4 is 15.9 Å². The van der Waals surface area contributed by atoms with Gasteiger partial charge in [0.15, 0.2) is 0 Å². The number of carbonyl (C=O) groups is 1. The lowest BCUT2D eigenvalue weighted by Gasteiger charge is -2.35. The van der Waals surface area contributed by atoms with Crippen molar-refractivity contribution in [3.05, 3.63) is 0 Å². The molecule has 0 saturated heterocycles. The molecule has 4 nitrogen and oxygen atoms in total. The summed E-state index contributed by atoms with van der Waals surface area (Å²) >= 11 is 0. The maximum Gasteiger partial charge on any atom is 0.265 e. The highest BCUT2D eigenvalue weighted by atomic mass is 32.2. The largest absolute Gasteiger partial charge is 0.299 e. The molecule has 0 aliphatic heterocycles. The summed E-state index contributed by atoms with van der Waals surface area (Å²) in [5, 5.41) is 0. The number of fused-ring (bicyclic) bond motifs is 2. The number of ketones is 1. The Morgan fingerprint density at radius 3 is 2.40 bits per heavy atom. The summed E-state index contributed by atoms with van der Waals surface area (Å²) in [6.07, 6.45) is 2.12. The molecular formula is C10H16O4S. The van der Waals surface area contributed by atoms with Crippen molar-refractivity contribution in [1.82, 2.24) is 0 Å². The molecule has 0 spiro atoms. The van der Waals surface area contributed by atoms with Crippen molar-refractivity contribution < 1.29 is 17.8 Å². The van der Waals surface area contributed by atoms with Crippen LogP contribution in [0.25, 0.3) is 0 Å². The second-order valence-electron chi connectivity index (χ2n) is 5.34. The van der Waals surface area contributed by atoms with Crippen LogP contribution in [0.5, 0.6) is 0 Å². The van der Waals surface area contributed by atoms with Gasteiger partial charge in [-0.3, -0.25) is 9.35 Å². The van der Waals surface area contributed by atoms with Gasteiger partial charge in [0, 0.05) is 11.8 Å². The van der Waals surface area contributed by atoms with E-state index in [4.69, 9.17) is 4.55 Å². The smallest absolute Gasteiger partial charge is 0.265 e. The van der Waals surface area contributed by atoms with Crippen molar-refractivity contribution in [1.29, 1.82) is 0 Å². The number of rotatable bonds is 2. The van der Waals surface area contributed by atoms with Gasteiger partial charge in [-0.1, -0.05) is 13.8 Å². The SMILES string of the molecule is C[C@@]12CC[C@@H](CC1=O)[C@@]2(C)CS(=O)(=O)O. The van der Waals surface area contributed by atoms with E-state index < -0.39 is 20.9 Å². The summed E-state index contributed by atoms with van der Waals surface area (Å²) < 4.78 is 31.0. The summed E-state index contributed by atoms with van der Waals surface area (Å²) in [6.45, 7) is 3.66. The number of Topliss-reactive ketones (excluding diaryl/α,β-unsaturated/α-hetero) is 1. The standard InChI is InChI=1S/C10H16O4S/c1-9-4-3-7(5-8(9)11)10(9,2)6-15(12,13)14/h7H,3-6H2,1-2H3,(H,12,13,14)/t7-,9+,10+/m0/s1. The fraction of sp³-hybridized carbons (Fsp3) is 0.900. The van der Waals surface area contributed by atoms with Gasteiger partial charge in [-0.2, -0.15) is 8.42 Å². The number of hydrogen-bond donors (Lipinski definition) is 1. The minimum Gasteiger partial charge on any atom is -0.299 e. The maximum atomic E-state index is 11.8. The average Bonchev–Trinajstić information content (AvgIpc) is 2.35. The fourth-order valence-corrected chi connectivity index (χ4v) is 4.72. The lowest BCUT2D eigenvalue weighted by molar-refractivity contribution is -0.128. The van der Waals surface area contributed by atoms with Gasteiger partial charge in [0.2, 0.25) is 0 Å². The molecule has 0 heterocycles. The van der Waals surface area contributed by atoms with Gasteiger partial charge in [-0.05, 0) is 24.2 Å². The fourth-order valence-electron chi connectivity index (χ4n) is 3.41. The molecule has 0 radical (unpaired) electrons. The lowest BCUT2D eigenvalue weighted by atomic mass is 9.70. The summed E-state index contributed by atoms with van der Waals surface area (Å²) in [5.74, 6) is -0.00535. The first-order valence-electron chi connectivity index (χ1n) is 5.17. The highest BCUT2D eigenvalue weighted by Crippen LogP contribution is 2.64. The molecule has 0 amide bonds. The number of hydrogen-bond acceptors (Lipinski definition) is 3. The first-order valence-corrected chi connectivity index (χ1v) is 6.78. The van der Waals surface area contributed by atoms with Crippen LogP contribution in [-0.2, 0) is 14.9 Å². The van der Waals surface area contributed by atoms with Gasteiger partial charge in [-0.25, -0.2) is 0 Å². The molecule has 2 aliphatic carbocycles. The minimum absolute atomic E-state index is 0.122. The minimum atomic E-state index is -4.01. The van der Waals surface area contributed by atoms with E-state index in [2.05, 4.69) is 0 Å². The third-order valence-electron chi connectivity index (χ3n) is 4.68. The number of carbonyl (C=O) groups excluding carboxylic acids is 1. The molecule has 3 atom stereocenters. The third kappa shape index (κ3) is 1.36. The lowest BCUT2D eigenvalue weighted by Crippen LogP contribution is -2.40. The molecule has 2 rings (SSSR count). The molecule has 5 heteroatoms. The molecule has 2 fully saturated rings. The van der Waals surface area contributed by atoms with Crippen LogP contribution >= 0.6 is 0 Å². The Hall–Kier alpha value is -0.420. The van der Waals surface area contributed by atoms with Crippen LogP contribution in [-0.4, -0.2) is 24.5 Å². The zero-order valence-electron chi connectivity index (χ0n) is 8.99. The van der Waals surface area contributed by atoms with Crippen molar-refractivity contribution in [2.24, 2.45) is 16.7 Å². The van der Waals surface area contributed by atoms with Crippen molar-refractivity contribution in [2.45, 2.75) is 33.1 Å². The first kappa shape index (κ1) is 11.1. The Balaban J connectivity index is 2.41. The quantitative estimate of drug-likeness (QED) is 0.728. The molecule has 2 bridgehead atoms. The monoisotopic (exact) mass is 232 g/mol. The van der Waals surface area contributed by atoms with Crippen LogP contribution in [0.1, 0.15) is 33.1 Å². The zero-order chi connectivity index (χ0) is 11.5. The van der Waals surface area contributed by atoms with E-state index in [9.17, 15) is 13.2 Å². The van der Waals surface area contributed by atoms with Crippen molar-refractivity contribution in [3.8, 4) is 0 Å². The van der Waals surface area contributed by atoms with Crippen LogP contribution in [0.2, 0.25) is 0 Å². The van der Waals surface area contributed by atoms with Gasteiger partial charge < -0.3 is 0 Å². The van der Waals surface area contributed by atoms with E-state index in [1.54, 1.807) is 0 Å². The van der Waals surface area contributed by atoms with E-state index in [1.165, 1.54) is 0 Å². The Bertz CT molecular complexity index is 413. The Kier molecular flexibility index (Phi) is 2.09. The molecule has 1 N–H and O–H groups in total. The zero-order valence-corrected chi connectivity index (χ0v) is 9.80. The van der Waals surface area contributed by atoms with Crippen molar-refractivity contribution in [3.63, 3.8) is 0 Å². The molecule has 0 aromatic heterocycles. The molecule has 86 valence electrons. The first-order chi connectivity index (χ1) is 6.69. The van der Waals surface area contributed by atoms with Crippen LogP contribution < -0.4 is 0 Å². The van der Waals surface area contributed by atoms with Gasteiger partial charge in [0.25, 0.3) is 10.1 Å². The second-order valence-corrected chi connectivity index (χ2v) is 6.79. The normalized spacial score (nSPS) is 45.0.